The van der Waals surface area contributed by atoms with Gasteiger partial charge >= 0.3 is 0 Å². The minimum atomic E-state index is 0.923. The molecular formula is C28H17NO. The number of rotatable bonds is 1. The van der Waals surface area contributed by atoms with Gasteiger partial charge in [0.15, 0.2) is 5.58 Å². The summed E-state index contributed by atoms with van der Waals surface area (Å²) in [7, 11) is 0. The summed E-state index contributed by atoms with van der Waals surface area (Å²) in [6, 6.07) is 36.4. The van der Waals surface area contributed by atoms with Crippen molar-refractivity contribution in [1.82, 2.24) is 4.57 Å². The molecule has 0 saturated carbocycles. The van der Waals surface area contributed by atoms with Gasteiger partial charge in [-0.25, -0.2) is 0 Å². The molecule has 0 aliphatic heterocycles. The van der Waals surface area contributed by atoms with E-state index in [1.54, 1.807) is 0 Å². The maximum absolute atomic E-state index is 6.41. The Morgan fingerprint density at radius 1 is 0.467 bits per heavy atom. The number of aromatic nitrogens is 1. The Morgan fingerprint density at radius 2 is 1.13 bits per heavy atom. The molecule has 2 heterocycles. The van der Waals surface area contributed by atoms with Crippen molar-refractivity contribution in [2.45, 2.75) is 0 Å². The van der Waals surface area contributed by atoms with Crippen LogP contribution < -0.4 is 0 Å². The fourth-order valence-corrected chi connectivity index (χ4v) is 4.87. The zero-order valence-corrected chi connectivity index (χ0v) is 16.2. The lowest BCUT2D eigenvalue weighted by Crippen LogP contribution is -1.96. The Labute approximate surface area is 172 Å². The van der Waals surface area contributed by atoms with Crippen LogP contribution in [0.2, 0.25) is 0 Å². The standard InChI is InChI=1S/C28H17NO/c1-3-11-20-18(8-1)10-7-14-24(20)29-26-21-12-4-2-9-19(21)16-17-23(26)28-27(29)22-13-5-6-15-25(22)30-28/h1-17H. The third-order valence-electron chi connectivity index (χ3n) is 6.17. The second kappa shape index (κ2) is 5.74. The van der Waals surface area contributed by atoms with Crippen molar-refractivity contribution in [2.75, 3.05) is 0 Å². The molecule has 7 rings (SSSR count). The summed E-state index contributed by atoms with van der Waals surface area (Å²) in [6.07, 6.45) is 0. The molecule has 0 aliphatic carbocycles. The molecule has 0 aliphatic rings. The summed E-state index contributed by atoms with van der Waals surface area (Å²) in [5.74, 6) is 0. The minimum Gasteiger partial charge on any atom is -0.454 e. The molecular weight excluding hydrogens is 366 g/mol. The van der Waals surface area contributed by atoms with Gasteiger partial charge in [-0.2, -0.15) is 0 Å². The van der Waals surface area contributed by atoms with Gasteiger partial charge in [-0.05, 0) is 35.0 Å². The molecule has 0 bridgehead atoms. The summed E-state index contributed by atoms with van der Waals surface area (Å²) in [5, 5.41) is 7.22. The molecule has 0 N–H and O–H groups in total. The predicted molar refractivity (Wildman–Crippen MR) is 126 cm³/mol. The Hall–Kier alpha value is -4.04. The van der Waals surface area contributed by atoms with E-state index in [1.807, 2.05) is 6.07 Å². The topological polar surface area (TPSA) is 18.1 Å². The highest BCUT2D eigenvalue weighted by Gasteiger charge is 2.21. The normalized spacial score (nSPS) is 12.0. The van der Waals surface area contributed by atoms with Crippen LogP contribution in [0.1, 0.15) is 0 Å². The molecule has 0 saturated heterocycles. The lowest BCUT2D eigenvalue weighted by atomic mass is 10.1. The van der Waals surface area contributed by atoms with Crippen LogP contribution in [0.15, 0.2) is 108 Å². The average molecular weight is 383 g/mol. The first-order valence-electron chi connectivity index (χ1n) is 10.2. The number of nitrogens with zero attached hydrogens (tertiary/aromatic N) is 1. The van der Waals surface area contributed by atoms with Gasteiger partial charge in [0.1, 0.15) is 11.1 Å². The van der Waals surface area contributed by atoms with E-state index in [-0.39, 0.29) is 0 Å². The molecule has 0 fully saturated rings. The van der Waals surface area contributed by atoms with Gasteiger partial charge in [0.05, 0.1) is 11.2 Å². The van der Waals surface area contributed by atoms with E-state index in [0.29, 0.717) is 0 Å². The molecule has 7 aromatic rings. The van der Waals surface area contributed by atoms with Gasteiger partial charge in [-0.3, -0.25) is 0 Å². The summed E-state index contributed by atoms with van der Waals surface area (Å²) >= 11 is 0. The Kier molecular flexibility index (Phi) is 3.03. The zero-order chi connectivity index (χ0) is 19.7. The van der Waals surface area contributed by atoms with Crippen LogP contribution >= 0.6 is 0 Å². The lowest BCUT2D eigenvalue weighted by Gasteiger charge is -2.12. The second-order valence-corrected chi connectivity index (χ2v) is 7.79. The van der Waals surface area contributed by atoms with Crippen molar-refractivity contribution in [3.63, 3.8) is 0 Å². The third-order valence-corrected chi connectivity index (χ3v) is 6.17. The van der Waals surface area contributed by atoms with Crippen molar-refractivity contribution in [3.8, 4) is 5.69 Å². The quantitative estimate of drug-likeness (QED) is 0.282. The second-order valence-electron chi connectivity index (χ2n) is 7.79. The Balaban J connectivity index is 1.81. The maximum atomic E-state index is 6.41. The van der Waals surface area contributed by atoms with Crippen molar-refractivity contribution in [3.05, 3.63) is 103 Å². The van der Waals surface area contributed by atoms with E-state index in [4.69, 9.17) is 4.42 Å². The Bertz CT molecular complexity index is 1740. The van der Waals surface area contributed by atoms with Gasteiger partial charge in [-0.15, -0.1) is 0 Å². The van der Waals surface area contributed by atoms with Crippen molar-refractivity contribution in [1.29, 1.82) is 0 Å². The number of hydrogen-bond donors (Lipinski definition) is 0. The molecule has 5 aromatic carbocycles. The highest BCUT2D eigenvalue weighted by Crippen LogP contribution is 2.42. The molecule has 0 unspecified atom stereocenters. The van der Waals surface area contributed by atoms with Crippen LogP contribution in [0.5, 0.6) is 0 Å². The van der Waals surface area contributed by atoms with Gasteiger partial charge in [0.25, 0.3) is 0 Å². The van der Waals surface area contributed by atoms with Crippen molar-refractivity contribution >= 4 is 54.5 Å². The predicted octanol–water partition coefficient (Wildman–Crippen LogP) is 7.84. The number of hydrogen-bond acceptors (Lipinski definition) is 1. The molecule has 0 amide bonds. The van der Waals surface area contributed by atoms with E-state index in [1.165, 1.54) is 32.7 Å². The van der Waals surface area contributed by atoms with Gasteiger partial charge in [0, 0.05) is 21.5 Å². The van der Waals surface area contributed by atoms with Crippen LogP contribution in [0.3, 0.4) is 0 Å². The molecule has 140 valence electrons. The monoisotopic (exact) mass is 383 g/mol. The van der Waals surface area contributed by atoms with Crippen molar-refractivity contribution < 1.29 is 4.42 Å². The first-order valence-corrected chi connectivity index (χ1v) is 10.2. The summed E-state index contributed by atoms with van der Waals surface area (Å²) in [5.41, 5.74) is 5.38. The molecule has 2 aromatic heterocycles. The summed E-state index contributed by atoms with van der Waals surface area (Å²) < 4.78 is 8.81. The van der Waals surface area contributed by atoms with E-state index in [0.717, 1.165) is 27.5 Å². The minimum absolute atomic E-state index is 0.923. The number of benzene rings is 5. The molecule has 2 heteroatoms. The molecule has 0 atom stereocenters. The van der Waals surface area contributed by atoms with Crippen LogP contribution in [-0.2, 0) is 0 Å². The maximum Gasteiger partial charge on any atom is 0.161 e. The van der Waals surface area contributed by atoms with E-state index >= 15 is 0 Å². The van der Waals surface area contributed by atoms with Gasteiger partial charge in [-0.1, -0.05) is 78.9 Å². The molecule has 30 heavy (non-hydrogen) atoms. The smallest absolute Gasteiger partial charge is 0.161 e. The molecule has 2 nitrogen and oxygen atoms in total. The van der Waals surface area contributed by atoms with Gasteiger partial charge in [0.2, 0.25) is 0 Å². The average Bonchev–Trinajstić information content (AvgIpc) is 3.33. The number of fused-ring (bicyclic) bond motifs is 8. The van der Waals surface area contributed by atoms with Crippen molar-refractivity contribution in [2.24, 2.45) is 0 Å². The fraction of sp³-hybridized carbons (Fsp3) is 0. The van der Waals surface area contributed by atoms with E-state index in [9.17, 15) is 0 Å². The SMILES string of the molecule is c1ccc2c(-n3c4c5ccccc5ccc4c4oc5ccccc5c43)cccc2c1. The largest absolute Gasteiger partial charge is 0.454 e. The van der Waals surface area contributed by atoms with Crippen LogP contribution in [0.4, 0.5) is 0 Å². The number of furan rings is 1. The summed E-state index contributed by atoms with van der Waals surface area (Å²) in [4.78, 5) is 0. The Morgan fingerprint density at radius 3 is 2.00 bits per heavy atom. The zero-order valence-electron chi connectivity index (χ0n) is 16.2. The van der Waals surface area contributed by atoms with Crippen LogP contribution in [-0.4, -0.2) is 4.57 Å². The molecule has 0 spiro atoms. The summed E-state index contributed by atoms with van der Waals surface area (Å²) in [6.45, 7) is 0. The highest BCUT2D eigenvalue weighted by atomic mass is 16.3. The molecule has 0 radical (unpaired) electrons. The lowest BCUT2D eigenvalue weighted by molar-refractivity contribution is 0.673. The van der Waals surface area contributed by atoms with E-state index in [2.05, 4.69) is 102 Å². The van der Waals surface area contributed by atoms with Gasteiger partial charge < -0.3 is 8.98 Å². The third kappa shape index (κ3) is 1.98. The first kappa shape index (κ1) is 15.8. The highest BCUT2D eigenvalue weighted by molar-refractivity contribution is 6.22. The van der Waals surface area contributed by atoms with E-state index < -0.39 is 0 Å². The van der Waals surface area contributed by atoms with Crippen LogP contribution in [0.25, 0.3) is 60.2 Å². The van der Waals surface area contributed by atoms with Crippen LogP contribution in [0, 0.1) is 0 Å². The number of para-hydroxylation sites is 1. The fourth-order valence-electron chi connectivity index (χ4n) is 4.87. The first-order chi connectivity index (χ1) is 14.9.